The monoisotopic (exact) mass is 483 g/mol. The Labute approximate surface area is 199 Å². The van der Waals surface area contributed by atoms with E-state index in [0.29, 0.717) is 32.6 Å². The maximum Gasteiger partial charge on any atom is 0.283 e. The molecule has 4 heterocycles. The van der Waals surface area contributed by atoms with E-state index in [9.17, 15) is 13.7 Å². The number of nitriles is 1. The van der Waals surface area contributed by atoms with Crippen LogP contribution in [-0.4, -0.2) is 79.3 Å². The van der Waals surface area contributed by atoms with E-state index in [0.717, 1.165) is 36.1 Å². The van der Waals surface area contributed by atoms with Crippen molar-refractivity contribution in [2.75, 3.05) is 31.1 Å². The van der Waals surface area contributed by atoms with Crippen molar-refractivity contribution >= 4 is 27.1 Å². The molecule has 5 rings (SSSR count). The van der Waals surface area contributed by atoms with E-state index in [1.165, 1.54) is 10.6 Å². The van der Waals surface area contributed by atoms with Gasteiger partial charge in [-0.15, -0.1) is 0 Å². The number of nitrogens with one attached hydrogen (secondary N) is 1. The zero-order valence-electron chi connectivity index (χ0n) is 19.2. The van der Waals surface area contributed by atoms with Crippen LogP contribution in [0.2, 0.25) is 0 Å². The highest BCUT2D eigenvalue weighted by Crippen LogP contribution is 2.47. The first-order chi connectivity index (χ1) is 16.5. The van der Waals surface area contributed by atoms with Crippen molar-refractivity contribution in [1.29, 1.82) is 5.26 Å². The maximum atomic E-state index is 14.0. The van der Waals surface area contributed by atoms with Gasteiger partial charge in [-0.25, -0.2) is 15.0 Å². The Morgan fingerprint density at radius 3 is 2.88 bits per heavy atom. The van der Waals surface area contributed by atoms with Crippen LogP contribution in [-0.2, 0) is 16.8 Å². The van der Waals surface area contributed by atoms with Crippen LogP contribution in [0, 0.1) is 11.3 Å². The molecular formula is C22H29N9O2S. The van der Waals surface area contributed by atoms with Crippen LogP contribution in [0.4, 0.5) is 5.82 Å². The summed E-state index contributed by atoms with van der Waals surface area (Å²) in [4.78, 5) is 18.1. The van der Waals surface area contributed by atoms with Crippen molar-refractivity contribution in [2.45, 2.75) is 50.7 Å². The van der Waals surface area contributed by atoms with E-state index < -0.39 is 21.8 Å². The molecule has 1 unspecified atom stereocenters. The molecule has 12 heteroatoms. The van der Waals surface area contributed by atoms with Gasteiger partial charge in [-0.3, -0.25) is 0 Å². The van der Waals surface area contributed by atoms with Crippen LogP contribution in [0.3, 0.4) is 0 Å². The second-order valence-corrected chi connectivity index (χ2v) is 10.8. The van der Waals surface area contributed by atoms with E-state index in [1.54, 1.807) is 23.0 Å². The molecule has 3 aromatic heterocycles. The van der Waals surface area contributed by atoms with Gasteiger partial charge in [0.1, 0.15) is 23.8 Å². The Morgan fingerprint density at radius 1 is 1.32 bits per heavy atom. The Bertz CT molecular complexity index is 1280. The third kappa shape index (κ3) is 4.04. The van der Waals surface area contributed by atoms with Crippen LogP contribution in [0.15, 0.2) is 37.3 Å². The lowest BCUT2D eigenvalue weighted by Gasteiger charge is -2.44. The highest BCUT2D eigenvalue weighted by molar-refractivity contribution is 7.86. The molecule has 1 aliphatic heterocycles. The third-order valence-electron chi connectivity index (χ3n) is 6.82. The van der Waals surface area contributed by atoms with Gasteiger partial charge in [0.2, 0.25) is 0 Å². The standard InChI is InChI=1S/C22H29N9O2S/c1-2-3-18(14-23)30(12-10-28-9-8-24-17-28)34(32,33)31-13-11-29(15-22(31)5-6-22)21-19-4-7-25-20(19)26-16-27-21/h4,7-9,16-18H,2-3,5-6,10-13,15H2,1H3,(H,25,26,27). The summed E-state index contributed by atoms with van der Waals surface area (Å²) in [5, 5.41) is 10.8. The predicted octanol–water partition coefficient (Wildman–Crippen LogP) is 1.75. The minimum atomic E-state index is -3.85. The van der Waals surface area contributed by atoms with Gasteiger partial charge in [0.05, 0.1) is 23.3 Å². The highest BCUT2D eigenvalue weighted by atomic mass is 32.2. The van der Waals surface area contributed by atoms with Gasteiger partial charge < -0.3 is 14.5 Å². The molecule has 0 aromatic carbocycles. The molecule has 1 spiro atoms. The lowest BCUT2D eigenvalue weighted by molar-refractivity contribution is 0.231. The minimum absolute atomic E-state index is 0.225. The fourth-order valence-corrected chi connectivity index (χ4v) is 6.99. The summed E-state index contributed by atoms with van der Waals surface area (Å²) in [6.07, 6.45) is 11.3. The van der Waals surface area contributed by atoms with Crippen LogP contribution in [0.5, 0.6) is 0 Å². The molecule has 0 amide bonds. The number of hydrogen-bond acceptors (Lipinski definition) is 7. The number of aromatic nitrogens is 5. The second kappa shape index (κ2) is 8.98. The summed E-state index contributed by atoms with van der Waals surface area (Å²) in [6, 6.07) is 3.49. The number of imidazole rings is 1. The van der Waals surface area contributed by atoms with Gasteiger partial charge in [-0.2, -0.15) is 22.3 Å². The molecular weight excluding hydrogens is 454 g/mol. The first-order valence-corrected chi connectivity index (χ1v) is 13.1. The first kappa shape index (κ1) is 22.8. The lowest BCUT2D eigenvalue weighted by Crippen LogP contribution is -2.61. The summed E-state index contributed by atoms with van der Waals surface area (Å²) in [5.41, 5.74) is 0.302. The molecule has 1 saturated carbocycles. The zero-order valence-corrected chi connectivity index (χ0v) is 20.0. The van der Waals surface area contributed by atoms with Crippen molar-refractivity contribution in [3.8, 4) is 6.07 Å². The van der Waals surface area contributed by atoms with Crippen molar-refractivity contribution in [3.63, 3.8) is 0 Å². The van der Waals surface area contributed by atoms with E-state index in [1.807, 2.05) is 23.8 Å². The van der Waals surface area contributed by atoms with Crippen LogP contribution in [0.1, 0.15) is 32.6 Å². The SMILES string of the molecule is CCCC(C#N)N(CCn1ccnc1)S(=O)(=O)N1CCN(c2ncnc3[nH]ccc23)CC12CC2. The number of anilines is 1. The summed E-state index contributed by atoms with van der Waals surface area (Å²) in [5.74, 6) is 0.826. The van der Waals surface area contributed by atoms with Gasteiger partial charge in [0.15, 0.2) is 0 Å². The molecule has 0 radical (unpaired) electrons. The van der Waals surface area contributed by atoms with Gasteiger partial charge >= 0.3 is 0 Å². The van der Waals surface area contributed by atoms with E-state index in [2.05, 4.69) is 30.9 Å². The summed E-state index contributed by atoms with van der Waals surface area (Å²) in [6.45, 7) is 4.09. The molecule has 1 aliphatic carbocycles. The summed E-state index contributed by atoms with van der Waals surface area (Å²) < 4.78 is 32.9. The molecule has 180 valence electrons. The average molecular weight is 484 g/mol. The topological polar surface area (TPSA) is 127 Å². The van der Waals surface area contributed by atoms with Gasteiger partial charge in [-0.1, -0.05) is 13.3 Å². The van der Waals surface area contributed by atoms with Gasteiger partial charge in [0.25, 0.3) is 10.2 Å². The number of fused-ring (bicyclic) bond motifs is 1. The Balaban J connectivity index is 1.41. The smallest absolute Gasteiger partial charge is 0.283 e. The molecule has 11 nitrogen and oxygen atoms in total. The molecule has 0 bridgehead atoms. The van der Waals surface area contributed by atoms with Crippen LogP contribution >= 0.6 is 0 Å². The molecule has 1 N–H and O–H groups in total. The molecule has 34 heavy (non-hydrogen) atoms. The average Bonchev–Trinajstić information content (AvgIpc) is 3.22. The van der Waals surface area contributed by atoms with E-state index >= 15 is 0 Å². The number of nitrogens with zero attached hydrogens (tertiary/aromatic N) is 8. The minimum Gasteiger partial charge on any atom is -0.353 e. The van der Waals surface area contributed by atoms with Gasteiger partial charge in [0, 0.05) is 51.3 Å². The third-order valence-corrected chi connectivity index (χ3v) is 8.97. The second-order valence-electron chi connectivity index (χ2n) is 9.01. The summed E-state index contributed by atoms with van der Waals surface area (Å²) >= 11 is 0. The lowest BCUT2D eigenvalue weighted by atomic mass is 10.2. The summed E-state index contributed by atoms with van der Waals surface area (Å²) in [7, 11) is -3.85. The number of hydrogen-bond donors (Lipinski definition) is 1. The number of piperazine rings is 1. The Kier molecular flexibility index (Phi) is 6.01. The highest BCUT2D eigenvalue weighted by Gasteiger charge is 2.57. The molecule has 1 saturated heterocycles. The predicted molar refractivity (Wildman–Crippen MR) is 127 cm³/mol. The van der Waals surface area contributed by atoms with E-state index in [-0.39, 0.29) is 6.54 Å². The van der Waals surface area contributed by atoms with Crippen LogP contribution < -0.4 is 4.90 Å². The number of H-pyrrole nitrogens is 1. The van der Waals surface area contributed by atoms with Crippen molar-refractivity contribution in [3.05, 3.63) is 37.3 Å². The zero-order chi connectivity index (χ0) is 23.8. The van der Waals surface area contributed by atoms with Crippen molar-refractivity contribution < 1.29 is 8.42 Å². The Hall–Kier alpha value is -3.01. The molecule has 1 atom stereocenters. The largest absolute Gasteiger partial charge is 0.353 e. The van der Waals surface area contributed by atoms with E-state index in [4.69, 9.17) is 0 Å². The van der Waals surface area contributed by atoms with Gasteiger partial charge in [-0.05, 0) is 25.3 Å². The quantitative estimate of drug-likeness (QED) is 0.491. The Morgan fingerprint density at radius 2 is 2.18 bits per heavy atom. The molecule has 2 fully saturated rings. The molecule has 3 aromatic rings. The van der Waals surface area contributed by atoms with Crippen molar-refractivity contribution in [2.24, 2.45) is 0 Å². The molecule has 2 aliphatic rings. The van der Waals surface area contributed by atoms with Crippen LogP contribution in [0.25, 0.3) is 11.0 Å². The normalized spacial score (nSPS) is 19.0. The first-order valence-electron chi connectivity index (χ1n) is 11.7. The number of aromatic amines is 1. The maximum absolute atomic E-state index is 14.0. The van der Waals surface area contributed by atoms with Crippen molar-refractivity contribution in [1.82, 2.24) is 33.1 Å². The fraction of sp³-hybridized carbons (Fsp3) is 0.545. The fourth-order valence-electron chi connectivity index (χ4n) is 4.90. The number of rotatable bonds is 9.